The summed E-state index contributed by atoms with van der Waals surface area (Å²) < 4.78 is 37.8. The van der Waals surface area contributed by atoms with Gasteiger partial charge in [-0.1, -0.05) is 0 Å². The van der Waals surface area contributed by atoms with Crippen molar-refractivity contribution in [2.45, 2.75) is 20.0 Å². The fraction of sp³-hybridized carbons (Fsp3) is 0.462. The topological polar surface area (TPSA) is 32.3 Å². The van der Waals surface area contributed by atoms with Crippen LogP contribution in [-0.2, 0) is 11.0 Å². The van der Waals surface area contributed by atoms with E-state index in [1.165, 1.54) is 6.07 Å². The molecular formula is C13H16BrF3N2O. The van der Waals surface area contributed by atoms with Crippen molar-refractivity contribution in [1.82, 2.24) is 4.90 Å². The van der Waals surface area contributed by atoms with Crippen LogP contribution >= 0.6 is 15.9 Å². The van der Waals surface area contributed by atoms with Gasteiger partial charge in [0.05, 0.1) is 12.1 Å². The van der Waals surface area contributed by atoms with Gasteiger partial charge in [0.15, 0.2) is 0 Å². The highest BCUT2D eigenvalue weighted by molar-refractivity contribution is 9.10. The normalized spacial score (nSPS) is 11.3. The molecule has 0 aliphatic heterocycles. The summed E-state index contributed by atoms with van der Waals surface area (Å²) in [6.45, 7) is 4.99. The Morgan fingerprint density at radius 1 is 1.30 bits per heavy atom. The second-order valence-corrected chi connectivity index (χ2v) is 4.97. The van der Waals surface area contributed by atoms with Crippen molar-refractivity contribution >= 4 is 27.5 Å². The van der Waals surface area contributed by atoms with Crippen LogP contribution in [0.4, 0.5) is 18.9 Å². The van der Waals surface area contributed by atoms with Crippen LogP contribution in [0.1, 0.15) is 19.4 Å². The Balaban J connectivity index is 2.73. The molecule has 0 unspecified atom stereocenters. The van der Waals surface area contributed by atoms with Crippen LogP contribution in [0.15, 0.2) is 22.7 Å². The van der Waals surface area contributed by atoms with Gasteiger partial charge in [0, 0.05) is 23.2 Å². The summed E-state index contributed by atoms with van der Waals surface area (Å²) >= 11 is 3.07. The average molecular weight is 353 g/mol. The average Bonchev–Trinajstić information content (AvgIpc) is 2.37. The molecule has 3 nitrogen and oxygen atoms in total. The number of nitrogens with one attached hydrogen (secondary N) is 1. The minimum Gasteiger partial charge on any atom is -0.375 e. The molecule has 7 heteroatoms. The first-order valence-electron chi connectivity index (χ1n) is 6.18. The standard InChI is InChI=1S/C13H16BrF3N2O/c1-3-19(4-2)12(20)8-18-11-6-5-9(7-10(11)14)13(15,16)17/h5-7,18H,3-4,8H2,1-2H3. The molecule has 0 aliphatic carbocycles. The highest BCUT2D eigenvalue weighted by Gasteiger charge is 2.30. The van der Waals surface area contributed by atoms with Gasteiger partial charge in [-0.2, -0.15) is 13.2 Å². The third-order valence-electron chi connectivity index (χ3n) is 2.84. The van der Waals surface area contributed by atoms with Crippen molar-refractivity contribution < 1.29 is 18.0 Å². The monoisotopic (exact) mass is 352 g/mol. The van der Waals surface area contributed by atoms with Crippen LogP contribution < -0.4 is 5.32 Å². The van der Waals surface area contributed by atoms with Crippen LogP contribution in [0, 0.1) is 0 Å². The Labute approximate surface area is 124 Å². The van der Waals surface area contributed by atoms with Crippen LogP contribution in [-0.4, -0.2) is 30.4 Å². The number of anilines is 1. The zero-order valence-electron chi connectivity index (χ0n) is 11.2. The number of likely N-dealkylation sites (N-methyl/N-ethyl adjacent to an activating group) is 1. The molecule has 1 aromatic carbocycles. The number of hydrogen-bond donors (Lipinski definition) is 1. The highest BCUT2D eigenvalue weighted by Crippen LogP contribution is 2.33. The van der Waals surface area contributed by atoms with Gasteiger partial charge in [-0.15, -0.1) is 0 Å². The largest absolute Gasteiger partial charge is 0.416 e. The lowest BCUT2D eigenvalue weighted by molar-refractivity contribution is -0.137. The molecule has 0 aromatic heterocycles. The summed E-state index contributed by atoms with van der Waals surface area (Å²) in [5.41, 5.74) is -0.275. The van der Waals surface area contributed by atoms with Gasteiger partial charge in [0.25, 0.3) is 0 Å². The van der Waals surface area contributed by atoms with Crippen molar-refractivity contribution in [3.8, 4) is 0 Å². The van der Waals surface area contributed by atoms with E-state index in [1.807, 2.05) is 13.8 Å². The second-order valence-electron chi connectivity index (χ2n) is 4.11. The summed E-state index contributed by atoms with van der Waals surface area (Å²) in [5.74, 6) is -0.0956. The number of amides is 1. The molecule has 0 heterocycles. The van der Waals surface area contributed by atoms with E-state index in [0.29, 0.717) is 18.8 Å². The number of hydrogen-bond acceptors (Lipinski definition) is 2. The van der Waals surface area contributed by atoms with E-state index < -0.39 is 11.7 Å². The van der Waals surface area contributed by atoms with Gasteiger partial charge in [-0.25, -0.2) is 0 Å². The number of alkyl halides is 3. The SMILES string of the molecule is CCN(CC)C(=O)CNc1ccc(C(F)(F)F)cc1Br. The molecule has 0 saturated heterocycles. The Hall–Kier alpha value is -1.24. The molecule has 0 saturated carbocycles. The maximum absolute atomic E-state index is 12.5. The summed E-state index contributed by atoms with van der Waals surface area (Å²) in [7, 11) is 0. The molecule has 0 aliphatic rings. The molecule has 0 spiro atoms. The maximum atomic E-state index is 12.5. The molecule has 1 N–H and O–H groups in total. The van der Waals surface area contributed by atoms with E-state index in [2.05, 4.69) is 21.2 Å². The Morgan fingerprint density at radius 3 is 2.35 bits per heavy atom. The molecule has 0 fully saturated rings. The maximum Gasteiger partial charge on any atom is 0.416 e. The summed E-state index contributed by atoms with van der Waals surface area (Å²) in [5, 5.41) is 2.84. The van der Waals surface area contributed by atoms with Gasteiger partial charge in [-0.3, -0.25) is 4.79 Å². The van der Waals surface area contributed by atoms with E-state index in [0.717, 1.165) is 12.1 Å². The molecule has 20 heavy (non-hydrogen) atoms. The summed E-state index contributed by atoms with van der Waals surface area (Å²) in [6, 6.07) is 3.28. The van der Waals surface area contributed by atoms with E-state index in [4.69, 9.17) is 0 Å². The third-order valence-corrected chi connectivity index (χ3v) is 3.50. The number of nitrogens with zero attached hydrogens (tertiary/aromatic N) is 1. The van der Waals surface area contributed by atoms with E-state index in [-0.39, 0.29) is 16.9 Å². The third kappa shape index (κ3) is 4.40. The van der Waals surface area contributed by atoms with E-state index in [9.17, 15) is 18.0 Å². The van der Waals surface area contributed by atoms with Gasteiger partial charge < -0.3 is 10.2 Å². The zero-order valence-corrected chi connectivity index (χ0v) is 12.8. The van der Waals surface area contributed by atoms with Crippen LogP contribution in [0.2, 0.25) is 0 Å². The zero-order chi connectivity index (χ0) is 15.3. The van der Waals surface area contributed by atoms with Crippen LogP contribution in [0.3, 0.4) is 0 Å². The molecule has 0 radical (unpaired) electrons. The predicted molar refractivity (Wildman–Crippen MR) is 75.6 cm³/mol. The van der Waals surface area contributed by atoms with Crippen LogP contribution in [0.25, 0.3) is 0 Å². The Morgan fingerprint density at radius 2 is 1.90 bits per heavy atom. The Bertz CT molecular complexity index is 473. The molecule has 1 amide bonds. The summed E-state index contributed by atoms with van der Waals surface area (Å²) in [6.07, 6.45) is -4.38. The molecular weight excluding hydrogens is 337 g/mol. The number of rotatable bonds is 5. The fourth-order valence-electron chi connectivity index (χ4n) is 1.69. The lowest BCUT2D eigenvalue weighted by Gasteiger charge is -2.19. The van der Waals surface area contributed by atoms with Gasteiger partial charge >= 0.3 is 6.18 Å². The fourth-order valence-corrected chi connectivity index (χ4v) is 2.21. The summed E-state index contributed by atoms with van der Waals surface area (Å²) in [4.78, 5) is 13.4. The van der Waals surface area contributed by atoms with Gasteiger partial charge in [0.2, 0.25) is 5.91 Å². The first kappa shape index (κ1) is 16.8. The number of benzene rings is 1. The molecule has 1 aromatic rings. The predicted octanol–water partition coefficient (Wildman–Crippen LogP) is 3.75. The van der Waals surface area contributed by atoms with E-state index in [1.54, 1.807) is 4.90 Å². The molecule has 0 bridgehead atoms. The molecule has 1 rings (SSSR count). The second kappa shape index (κ2) is 6.97. The molecule has 112 valence electrons. The Kier molecular flexibility index (Phi) is 5.86. The lowest BCUT2D eigenvalue weighted by atomic mass is 10.2. The number of halogens is 4. The van der Waals surface area contributed by atoms with Crippen molar-refractivity contribution in [2.24, 2.45) is 0 Å². The van der Waals surface area contributed by atoms with Crippen molar-refractivity contribution in [1.29, 1.82) is 0 Å². The first-order chi connectivity index (χ1) is 9.29. The molecule has 0 atom stereocenters. The van der Waals surface area contributed by atoms with Gasteiger partial charge in [-0.05, 0) is 48.0 Å². The van der Waals surface area contributed by atoms with Crippen molar-refractivity contribution in [2.75, 3.05) is 25.0 Å². The van der Waals surface area contributed by atoms with Crippen LogP contribution in [0.5, 0.6) is 0 Å². The minimum absolute atomic E-state index is 0.0473. The number of carbonyl (C=O) groups is 1. The minimum atomic E-state index is -4.38. The van der Waals surface area contributed by atoms with Crippen molar-refractivity contribution in [3.05, 3.63) is 28.2 Å². The first-order valence-corrected chi connectivity index (χ1v) is 6.97. The smallest absolute Gasteiger partial charge is 0.375 e. The van der Waals surface area contributed by atoms with E-state index >= 15 is 0 Å². The van der Waals surface area contributed by atoms with Gasteiger partial charge in [0.1, 0.15) is 0 Å². The quantitative estimate of drug-likeness (QED) is 0.875. The van der Waals surface area contributed by atoms with Crippen molar-refractivity contribution in [3.63, 3.8) is 0 Å². The number of carbonyl (C=O) groups excluding carboxylic acids is 1. The highest BCUT2D eigenvalue weighted by atomic mass is 79.9. The lowest BCUT2D eigenvalue weighted by Crippen LogP contribution is -2.35.